The first-order chi connectivity index (χ1) is 25.2. The standard InChI is InChI=1S/C47H80O4/c1-3-5-7-9-11-13-15-17-19-21-22-23-24-25-26-27-28-30-32-34-36-38-40-42-47(49)51-46(44-48)45-50-43-41-39-37-35-33-31-29-20-18-16-14-12-10-8-6-4-2/h5,7,11,13,17,19,22-23,25-26,28,30,34,36,46,48H,3-4,6,8-10,12,14-16,18,20-21,24,27,29,31-33,35,37-45H2,1-2H3/b7-5-,13-11-,19-17-,23-22-,26-25-,30-28-,36-34-. The van der Waals surface area contributed by atoms with E-state index in [9.17, 15) is 9.90 Å². The van der Waals surface area contributed by atoms with Gasteiger partial charge in [0.1, 0.15) is 6.10 Å². The van der Waals surface area contributed by atoms with Crippen LogP contribution in [0.5, 0.6) is 0 Å². The zero-order chi connectivity index (χ0) is 37.0. The maximum absolute atomic E-state index is 12.2. The first-order valence-corrected chi connectivity index (χ1v) is 21.2. The zero-order valence-electron chi connectivity index (χ0n) is 33.3. The molecule has 0 aromatic rings. The van der Waals surface area contributed by atoms with Crippen LogP contribution in [-0.4, -0.2) is 37.0 Å². The predicted molar refractivity (Wildman–Crippen MR) is 223 cm³/mol. The number of hydrogen-bond donors (Lipinski definition) is 1. The van der Waals surface area contributed by atoms with Gasteiger partial charge in [-0.15, -0.1) is 0 Å². The summed E-state index contributed by atoms with van der Waals surface area (Å²) in [6.45, 7) is 5.17. The quantitative estimate of drug-likeness (QED) is 0.0394. The van der Waals surface area contributed by atoms with Gasteiger partial charge in [-0.05, 0) is 64.2 Å². The zero-order valence-corrected chi connectivity index (χ0v) is 33.3. The van der Waals surface area contributed by atoms with Crippen LogP contribution in [0.1, 0.15) is 181 Å². The van der Waals surface area contributed by atoms with Crippen LogP contribution >= 0.6 is 0 Å². The maximum atomic E-state index is 12.2. The molecule has 0 saturated heterocycles. The molecule has 0 aliphatic carbocycles. The van der Waals surface area contributed by atoms with Crippen LogP contribution in [0.2, 0.25) is 0 Å². The Labute approximate surface area is 316 Å². The molecule has 0 spiro atoms. The van der Waals surface area contributed by atoms with Crippen LogP contribution in [0.25, 0.3) is 0 Å². The van der Waals surface area contributed by atoms with Gasteiger partial charge in [0, 0.05) is 13.0 Å². The molecule has 1 atom stereocenters. The Balaban J connectivity index is 3.59. The minimum Gasteiger partial charge on any atom is -0.457 e. The van der Waals surface area contributed by atoms with E-state index >= 15 is 0 Å². The number of aliphatic hydroxyl groups excluding tert-OH is 1. The van der Waals surface area contributed by atoms with Crippen molar-refractivity contribution >= 4 is 5.97 Å². The van der Waals surface area contributed by atoms with Crippen molar-refractivity contribution in [2.75, 3.05) is 19.8 Å². The highest BCUT2D eigenvalue weighted by molar-refractivity contribution is 5.69. The second-order valence-corrected chi connectivity index (χ2v) is 13.7. The summed E-state index contributed by atoms with van der Waals surface area (Å²) < 4.78 is 11.1. The normalized spacial score (nSPS) is 13.2. The maximum Gasteiger partial charge on any atom is 0.306 e. The smallest absolute Gasteiger partial charge is 0.306 e. The Bertz CT molecular complexity index is 923. The average Bonchev–Trinajstić information content (AvgIpc) is 3.14. The number of ether oxygens (including phenoxy) is 2. The molecule has 0 radical (unpaired) electrons. The van der Waals surface area contributed by atoms with Crippen LogP contribution in [-0.2, 0) is 14.3 Å². The molecule has 0 aliphatic heterocycles. The fraction of sp³-hybridized carbons (Fsp3) is 0.681. The third-order valence-electron chi connectivity index (χ3n) is 8.73. The molecular formula is C47H80O4. The molecule has 4 nitrogen and oxygen atoms in total. The van der Waals surface area contributed by atoms with Crippen molar-refractivity contribution in [1.82, 2.24) is 0 Å². The lowest BCUT2D eigenvalue weighted by atomic mass is 10.0. The molecule has 0 fully saturated rings. The molecular weight excluding hydrogens is 629 g/mol. The summed E-state index contributed by atoms with van der Waals surface area (Å²) in [5.41, 5.74) is 0. The molecule has 1 N–H and O–H groups in total. The van der Waals surface area contributed by atoms with Crippen LogP contribution in [0.3, 0.4) is 0 Å². The highest BCUT2D eigenvalue weighted by atomic mass is 16.6. The number of allylic oxidation sites excluding steroid dienone is 14. The third-order valence-corrected chi connectivity index (χ3v) is 8.73. The molecule has 0 rings (SSSR count). The van der Waals surface area contributed by atoms with Crippen LogP contribution < -0.4 is 0 Å². The van der Waals surface area contributed by atoms with Crippen molar-refractivity contribution < 1.29 is 19.4 Å². The molecule has 0 aliphatic rings. The predicted octanol–water partition coefficient (Wildman–Crippen LogP) is 14.0. The molecule has 0 bridgehead atoms. The number of rotatable bonds is 38. The number of unbranched alkanes of at least 4 members (excludes halogenated alkanes) is 16. The Morgan fingerprint density at radius 1 is 0.490 bits per heavy atom. The number of carbonyl (C=O) groups excluding carboxylic acids is 1. The van der Waals surface area contributed by atoms with Gasteiger partial charge in [-0.1, -0.05) is 195 Å². The highest BCUT2D eigenvalue weighted by Gasteiger charge is 2.13. The second kappa shape index (κ2) is 43.7. The van der Waals surface area contributed by atoms with Crippen molar-refractivity contribution in [1.29, 1.82) is 0 Å². The fourth-order valence-corrected chi connectivity index (χ4v) is 5.61. The number of carbonyl (C=O) groups is 1. The number of hydrogen-bond acceptors (Lipinski definition) is 4. The van der Waals surface area contributed by atoms with Gasteiger partial charge in [0.15, 0.2) is 0 Å². The molecule has 0 amide bonds. The van der Waals surface area contributed by atoms with Gasteiger partial charge in [-0.2, -0.15) is 0 Å². The molecule has 4 heteroatoms. The van der Waals surface area contributed by atoms with Crippen LogP contribution in [0.4, 0.5) is 0 Å². The van der Waals surface area contributed by atoms with Crippen molar-refractivity contribution in [2.45, 2.75) is 187 Å². The summed E-state index contributed by atoms with van der Waals surface area (Å²) in [6, 6.07) is 0. The second-order valence-electron chi connectivity index (χ2n) is 13.7. The van der Waals surface area contributed by atoms with Gasteiger partial charge >= 0.3 is 5.97 Å². The van der Waals surface area contributed by atoms with E-state index in [0.717, 1.165) is 64.2 Å². The monoisotopic (exact) mass is 709 g/mol. The lowest BCUT2D eigenvalue weighted by Gasteiger charge is -2.15. The van der Waals surface area contributed by atoms with Gasteiger partial charge in [-0.25, -0.2) is 0 Å². The Hall–Kier alpha value is -2.43. The van der Waals surface area contributed by atoms with Crippen molar-refractivity contribution in [3.05, 3.63) is 85.1 Å². The SMILES string of the molecule is CC/C=C\C/C=C\C/C=C\C/C=C\C/C=C\C/C=C\C/C=C\CCCC(=O)OC(CO)COCCCCCCCCCCCCCCCCCC. The van der Waals surface area contributed by atoms with Gasteiger partial charge in [0.2, 0.25) is 0 Å². The van der Waals surface area contributed by atoms with Gasteiger partial charge in [0.05, 0.1) is 13.2 Å². The van der Waals surface area contributed by atoms with E-state index in [1.54, 1.807) is 0 Å². The van der Waals surface area contributed by atoms with Crippen LogP contribution in [0.15, 0.2) is 85.1 Å². The van der Waals surface area contributed by atoms with Crippen molar-refractivity contribution in [3.63, 3.8) is 0 Å². The first-order valence-electron chi connectivity index (χ1n) is 21.2. The summed E-state index contributed by atoms with van der Waals surface area (Å²) in [5.74, 6) is -0.259. The topological polar surface area (TPSA) is 55.8 Å². The van der Waals surface area contributed by atoms with E-state index < -0.39 is 6.10 Å². The molecule has 0 aromatic heterocycles. The van der Waals surface area contributed by atoms with E-state index in [-0.39, 0.29) is 19.2 Å². The molecule has 1 unspecified atom stereocenters. The molecule has 0 aromatic carbocycles. The largest absolute Gasteiger partial charge is 0.457 e. The van der Waals surface area contributed by atoms with Gasteiger partial charge < -0.3 is 14.6 Å². The summed E-state index contributed by atoms with van der Waals surface area (Å²) in [4.78, 5) is 12.2. The van der Waals surface area contributed by atoms with E-state index in [1.165, 1.54) is 96.3 Å². The van der Waals surface area contributed by atoms with Crippen molar-refractivity contribution in [2.24, 2.45) is 0 Å². The highest BCUT2D eigenvalue weighted by Crippen LogP contribution is 2.14. The Morgan fingerprint density at radius 2 is 0.863 bits per heavy atom. The van der Waals surface area contributed by atoms with E-state index in [2.05, 4.69) is 98.9 Å². The Morgan fingerprint density at radius 3 is 1.25 bits per heavy atom. The Kier molecular flexibility index (Phi) is 41.6. The summed E-state index contributed by atoms with van der Waals surface area (Å²) in [6.07, 6.45) is 60.7. The van der Waals surface area contributed by atoms with Gasteiger partial charge in [0.25, 0.3) is 0 Å². The fourth-order valence-electron chi connectivity index (χ4n) is 5.61. The lowest BCUT2D eigenvalue weighted by molar-refractivity contribution is -0.154. The number of aliphatic hydroxyl groups is 1. The lowest BCUT2D eigenvalue weighted by Crippen LogP contribution is -2.27. The first kappa shape index (κ1) is 48.6. The third kappa shape index (κ3) is 41.9. The van der Waals surface area contributed by atoms with E-state index in [0.29, 0.717) is 13.0 Å². The molecule has 0 saturated carbocycles. The van der Waals surface area contributed by atoms with Crippen molar-refractivity contribution in [3.8, 4) is 0 Å². The summed E-state index contributed by atoms with van der Waals surface area (Å²) in [7, 11) is 0. The molecule has 51 heavy (non-hydrogen) atoms. The van der Waals surface area contributed by atoms with Crippen LogP contribution in [0, 0.1) is 0 Å². The molecule has 292 valence electrons. The van der Waals surface area contributed by atoms with E-state index in [4.69, 9.17) is 9.47 Å². The molecule has 0 heterocycles. The summed E-state index contributed by atoms with van der Waals surface area (Å²) in [5, 5.41) is 9.59. The minimum atomic E-state index is -0.567. The number of esters is 1. The average molecular weight is 709 g/mol. The summed E-state index contributed by atoms with van der Waals surface area (Å²) >= 11 is 0. The minimum absolute atomic E-state index is 0.198. The van der Waals surface area contributed by atoms with E-state index in [1.807, 2.05) is 0 Å². The van der Waals surface area contributed by atoms with Gasteiger partial charge in [-0.3, -0.25) is 4.79 Å².